The Hall–Kier alpha value is -2.15. The number of H-pyrrole nitrogens is 1. The van der Waals surface area contributed by atoms with Crippen LogP contribution in [0.2, 0.25) is 0 Å². The van der Waals surface area contributed by atoms with Gasteiger partial charge in [-0.05, 0) is 12.1 Å². The van der Waals surface area contributed by atoms with Gasteiger partial charge in [-0.3, -0.25) is 10.1 Å². The summed E-state index contributed by atoms with van der Waals surface area (Å²) in [5.41, 5.74) is 6.29. The van der Waals surface area contributed by atoms with E-state index in [1.807, 2.05) is 12.1 Å². The summed E-state index contributed by atoms with van der Waals surface area (Å²) in [7, 11) is 0. The van der Waals surface area contributed by atoms with Gasteiger partial charge in [-0.2, -0.15) is 10.1 Å². The summed E-state index contributed by atoms with van der Waals surface area (Å²) < 4.78 is 0. The highest BCUT2D eigenvalue weighted by Crippen LogP contribution is 2.30. The number of anilines is 1. The van der Waals surface area contributed by atoms with E-state index in [-0.39, 0.29) is 5.95 Å². The number of hydrogen-bond donors (Lipinski definition) is 2. The highest BCUT2D eigenvalue weighted by molar-refractivity contribution is 7.99. The number of nitrogens with two attached hydrogens (primary N) is 1. The van der Waals surface area contributed by atoms with Gasteiger partial charge in [0, 0.05) is 17.3 Å². The molecule has 0 aliphatic heterocycles. The van der Waals surface area contributed by atoms with Gasteiger partial charge >= 0.3 is 0 Å². The molecule has 6 nitrogen and oxygen atoms in total. The zero-order chi connectivity index (χ0) is 11.7. The van der Waals surface area contributed by atoms with Crippen LogP contribution in [0.15, 0.2) is 40.6 Å². The number of fused-ring (bicyclic) bond motifs is 1. The molecule has 0 spiro atoms. The van der Waals surface area contributed by atoms with Crippen molar-refractivity contribution in [2.45, 2.75) is 9.92 Å². The Morgan fingerprint density at radius 3 is 2.82 bits per heavy atom. The third-order valence-corrected chi connectivity index (χ3v) is 3.17. The van der Waals surface area contributed by atoms with E-state index in [4.69, 9.17) is 5.73 Å². The predicted molar refractivity (Wildman–Crippen MR) is 64.5 cm³/mol. The van der Waals surface area contributed by atoms with Crippen molar-refractivity contribution in [3.63, 3.8) is 0 Å². The number of pyridine rings is 1. The van der Waals surface area contributed by atoms with Crippen molar-refractivity contribution in [3.05, 3.63) is 30.7 Å². The number of rotatable bonds is 2. The van der Waals surface area contributed by atoms with E-state index in [0.29, 0.717) is 5.65 Å². The van der Waals surface area contributed by atoms with Crippen LogP contribution in [0.1, 0.15) is 0 Å². The summed E-state index contributed by atoms with van der Waals surface area (Å²) in [6, 6.07) is 3.82. The Morgan fingerprint density at radius 1 is 1.18 bits per heavy atom. The van der Waals surface area contributed by atoms with Gasteiger partial charge in [-0.25, -0.2) is 4.98 Å². The second-order valence-corrected chi connectivity index (χ2v) is 4.37. The zero-order valence-electron chi connectivity index (χ0n) is 8.66. The molecule has 0 atom stereocenters. The Balaban J connectivity index is 2.08. The van der Waals surface area contributed by atoms with Crippen LogP contribution in [0.4, 0.5) is 5.95 Å². The van der Waals surface area contributed by atoms with Crippen LogP contribution in [0, 0.1) is 0 Å². The molecule has 0 unspecified atom stereocenters. The highest BCUT2D eigenvalue weighted by Gasteiger charge is 2.09. The topological polar surface area (TPSA) is 93.4 Å². The van der Waals surface area contributed by atoms with Crippen LogP contribution in [0.3, 0.4) is 0 Å². The average Bonchev–Trinajstić information content (AvgIpc) is 2.78. The molecule has 3 aromatic heterocycles. The third-order valence-electron chi connectivity index (χ3n) is 2.16. The van der Waals surface area contributed by atoms with E-state index in [9.17, 15) is 0 Å². The van der Waals surface area contributed by atoms with Crippen LogP contribution in [0.25, 0.3) is 11.0 Å². The van der Waals surface area contributed by atoms with Crippen molar-refractivity contribution >= 4 is 28.7 Å². The largest absolute Gasteiger partial charge is 0.368 e. The van der Waals surface area contributed by atoms with Crippen molar-refractivity contribution in [1.29, 1.82) is 0 Å². The fourth-order valence-corrected chi connectivity index (χ4v) is 2.30. The molecule has 0 aromatic carbocycles. The van der Waals surface area contributed by atoms with Gasteiger partial charge in [0.25, 0.3) is 0 Å². The van der Waals surface area contributed by atoms with Gasteiger partial charge in [-0.1, -0.05) is 11.8 Å². The van der Waals surface area contributed by atoms with Gasteiger partial charge in [0.2, 0.25) is 5.95 Å². The fourth-order valence-electron chi connectivity index (χ4n) is 1.42. The molecule has 0 radical (unpaired) electrons. The molecule has 84 valence electrons. The third kappa shape index (κ3) is 1.92. The molecule has 3 aromatic rings. The minimum atomic E-state index is 0.235. The molecule has 0 fully saturated rings. The van der Waals surface area contributed by atoms with E-state index in [2.05, 4.69) is 25.1 Å². The predicted octanol–water partition coefficient (Wildman–Crippen LogP) is 1.48. The molecule has 0 saturated heterocycles. The first-order valence-corrected chi connectivity index (χ1v) is 5.69. The number of nitrogens with zero attached hydrogens (tertiary/aromatic N) is 4. The molecule has 3 heterocycles. The van der Waals surface area contributed by atoms with Gasteiger partial charge in [-0.15, -0.1) is 0 Å². The Labute approximate surface area is 101 Å². The first-order valence-electron chi connectivity index (χ1n) is 4.87. The molecule has 0 bridgehead atoms. The van der Waals surface area contributed by atoms with Gasteiger partial charge in [0.15, 0.2) is 5.65 Å². The number of aromatic amines is 1. The second-order valence-electron chi connectivity index (χ2n) is 3.30. The summed E-state index contributed by atoms with van der Waals surface area (Å²) in [5.74, 6) is 0.235. The molecule has 3 rings (SSSR count). The first kappa shape index (κ1) is 10.0. The monoisotopic (exact) mass is 244 g/mol. The van der Waals surface area contributed by atoms with Crippen molar-refractivity contribution in [1.82, 2.24) is 25.1 Å². The number of nitrogen functional groups attached to an aromatic ring is 1. The molecule has 0 aliphatic rings. The lowest BCUT2D eigenvalue weighted by Crippen LogP contribution is -1.96. The van der Waals surface area contributed by atoms with Crippen LogP contribution in [0.5, 0.6) is 0 Å². The van der Waals surface area contributed by atoms with E-state index in [1.165, 1.54) is 11.8 Å². The lowest BCUT2D eigenvalue weighted by molar-refractivity contribution is 1.08. The SMILES string of the molecule is Nc1nc(Sc2ccncc2)c2cn[nH]c2n1. The zero-order valence-corrected chi connectivity index (χ0v) is 9.48. The summed E-state index contributed by atoms with van der Waals surface area (Å²) in [4.78, 5) is 13.3. The molecule has 7 heteroatoms. The lowest BCUT2D eigenvalue weighted by atomic mass is 10.4. The molecular weight excluding hydrogens is 236 g/mol. The Bertz CT molecular complexity index is 650. The molecular formula is C10H8N6S. The fraction of sp³-hybridized carbons (Fsp3) is 0. The standard InChI is InChI=1S/C10H8N6S/c11-10-14-8-7(5-13-16-8)9(15-10)17-6-1-3-12-4-2-6/h1-5H,(H3,11,13,14,15,16). The second kappa shape index (κ2) is 4.02. The van der Waals surface area contributed by atoms with Crippen molar-refractivity contribution in [3.8, 4) is 0 Å². The Kier molecular flexibility index (Phi) is 2.37. The van der Waals surface area contributed by atoms with E-state index >= 15 is 0 Å². The number of nitrogens with one attached hydrogen (secondary N) is 1. The maximum atomic E-state index is 5.64. The van der Waals surface area contributed by atoms with Gasteiger partial charge < -0.3 is 5.73 Å². The number of aromatic nitrogens is 5. The minimum Gasteiger partial charge on any atom is -0.368 e. The van der Waals surface area contributed by atoms with Crippen LogP contribution >= 0.6 is 11.8 Å². The highest BCUT2D eigenvalue weighted by atomic mass is 32.2. The smallest absolute Gasteiger partial charge is 0.223 e. The Morgan fingerprint density at radius 2 is 2.00 bits per heavy atom. The first-order chi connectivity index (χ1) is 8.33. The van der Waals surface area contributed by atoms with Crippen LogP contribution in [-0.2, 0) is 0 Å². The molecule has 0 aliphatic carbocycles. The number of hydrogen-bond acceptors (Lipinski definition) is 6. The van der Waals surface area contributed by atoms with Crippen LogP contribution in [-0.4, -0.2) is 25.1 Å². The lowest BCUT2D eigenvalue weighted by Gasteiger charge is -2.02. The normalized spacial score (nSPS) is 10.8. The van der Waals surface area contributed by atoms with Crippen molar-refractivity contribution < 1.29 is 0 Å². The molecule has 0 saturated carbocycles. The summed E-state index contributed by atoms with van der Waals surface area (Å²) >= 11 is 1.50. The maximum Gasteiger partial charge on any atom is 0.223 e. The van der Waals surface area contributed by atoms with Gasteiger partial charge in [0.05, 0.1) is 11.6 Å². The summed E-state index contributed by atoms with van der Waals surface area (Å²) in [6.07, 6.45) is 5.16. The average molecular weight is 244 g/mol. The minimum absolute atomic E-state index is 0.235. The quantitative estimate of drug-likeness (QED) is 0.663. The van der Waals surface area contributed by atoms with E-state index in [1.54, 1.807) is 18.6 Å². The molecule has 3 N–H and O–H groups in total. The van der Waals surface area contributed by atoms with Crippen molar-refractivity contribution in [2.75, 3.05) is 5.73 Å². The summed E-state index contributed by atoms with van der Waals surface area (Å²) in [6.45, 7) is 0. The molecule has 17 heavy (non-hydrogen) atoms. The summed E-state index contributed by atoms with van der Waals surface area (Å²) in [5, 5.41) is 8.36. The maximum absolute atomic E-state index is 5.64. The molecule has 0 amide bonds. The van der Waals surface area contributed by atoms with E-state index < -0.39 is 0 Å². The van der Waals surface area contributed by atoms with Gasteiger partial charge in [0.1, 0.15) is 5.03 Å². The van der Waals surface area contributed by atoms with Crippen molar-refractivity contribution in [2.24, 2.45) is 0 Å². The van der Waals surface area contributed by atoms with E-state index in [0.717, 1.165) is 15.3 Å². The van der Waals surface area contributed by atoms with Crippen LogP contribution < -0.4 is 5.73 Å².